The molecule has 0 radical (unpaired) electrons. The van der Waals surface area contributed by atoms with Gasteiger partial charge in [-0.2, -0.15) is 0 Å². The molecule has 2 rings (SSSR count). The molecule has 2 N–H and O–H groups in total. The van der Waals surface area contributed by atoms with E-state index in [-0.39, 0.29) is 29.5 Å². The van der Waals surface area contributed by atoms with Crippen molar-refractivity contribution in [2.75, 3.05) is 14.2 Å². The van der Waals surface area contributed by atoms with Crippen LogP contribution >= 0.6 is 0 Å². The molecule has 0 unspecified atom stereocenters. The van der Waals surface area contributed by atoms with Crippen LogP contribution in [0.2, 0.25) is 0 Å². The van der Waals surface area contributed by atoms with Crippen LogP contribution in [0, 0.1) is 5.92 Å². The normalized spacial score (nSPS) is 19.5. The Hall–Kier alpha value is -2.64. The van der Waals surface area contributed by atoms with E-state index in [1.54, 1.807) is 6.07 Å². The molecule has 1 aliphatic rings. The molecular weight excluding hydrogens is 362 g/mol. The molecule has 1 aromatic heterocycles. The summed E-state index contributed by atoms with van der Waals surface area (Å²) in [5.74, 6) is -0.854. The lowest BCUT2D eigenvalue weighted by molar-refractivity contribution is -0.146. The largest absolute Gasteiger partial charge is 0.497 e. The van der Waals surface area contributed by atoms with Crippen LogP contribution in [0.25, 0.3) is 0 Å². The molecule has 154 valence electrons. The maximum absolute atomic E-state index is 12.8. The Bertz CT molecular complexity index is 694. The monoisotopic (exact) mass is 391 g/mol. The van der Waals surface area contributed by atoms with Gasteiger partial charge in [0.1, 0.15) is 17.5 Å². The van der Waals surface area contributed by atoms with Crippen molar-refractivity contribution >= 4 is 17.8 Å². The lowest BCUT2D eigenvalue weighted by atomic mass is 10.0. The Morgan fingerprint density at radius 1 is 1.29 bits per heavy atom. The standard InChI is InChI=1S/C20H29N3O5/c1-4-5-8-16(23-19(25)17-12-13(27-2)10-11-21-17)18(24)22-15-9-6-7-14(15)20(26)28-3/h10-12,14-16H,4-9H2,1-3H3,(H,22,24)(H,23,25)/t14-,15+,16+/m1/s1. The average molecular weight is 391 g/mol. The lowest BCUT2D eigenvalue weighted by Crippen LogP contribution is -2.51. The molecular formula is C20H29N3O5. The Morgan fingerprint density at radius 3 is 2.75 bits per heavy atom. The molecule has 28 heavy (non-hydrogen) atoms. The Labute approximate surface area is 165 Å². The fourth-order valence-electron chi connectivity index (χ4n) is 3.42. The molecule has 3 atom stereocenters. The minimum atomic E-state index is -0.695. The molecule has 1 fully saturated rings. The van der Waals surface area contributed by atoms with Gasteiger partial charge in [0.2, 0.25) is 5.91 Å². The van der Waals surface area contributed by atoms with Crippen LogP contribution in [0.3, 0.4) is 0 Å². The summed E-state index contributed by atoms with van der Waals surface area (Å²) in [5, 5.41) is 5.70. The zero-order valence-electron chi connectivity index (χ0n) is 16.7. The molecule has 2 amide bonds. The molecule has 0 spiro atoms. The third-order valence-electron chi connectivity index (χ3n) is 5.02. The van der Waals surface area contributed by atoms with Crippen molar-refractivity contribution in [2.45, 2.75) is 57.5 Å². The second-order valence-corrected chi connectivity index (χ2v) is 6.92. The molecule has 8 heteroatoms. The van der Waals surface area contributed by atoms with E-state index in [0.29, 0.717) is 18.6 Å². The second-order valence-electron chi connectivity index (χ2n) is 6.92. The van der Waals surface area contributed by atoms with Crippen LogP contribution in [0.1, 0.15) is 55.9 Å². The summed E-state index contributed by atoms with van der Waals surface area (Å²) in [6, 6.07) is 2.20. The number of hydrogen-bond acceptors (Lipinski definition) is 6. The van der Waals surface area contributed by atoms with Crippen LogP contribution in [0.5, 0.6) is 5.75 Å². The van der Waals surface area contributed by atoms with Gasteiger partial charge in [-0.25, -0.2) is 0 Å². The van der Waals surface area contributed by atoms with E-state index in [1.165, 1.54) is 26.5 Å². The summed E-state index contributed by atoms with van der Waals surface area (Å²) < 4.78 is 9.95. The van der Waals surface area contributed by atoms with E-state index in [4.69, 9.17) is 9.47 Å². The highest BCUT2D eigenvalue weighted by molar-refractivity contribution is 5.96. The van der Waals surface area contributed by atoms with Crippen LogP contribution in [0.4, 0.5) is 0 Å². The van der Waals surface area contributed by atoms with Gasteiger partial charge in [-0.3, -0.25) is 19.4 Å². The van der Waals surface area contributed by atoms with Gasteiger partial charge in [0.05, 0.1) is 20.1 Å². The fourth-order valence-corrected chi connectivity index (χ4v) is 3.42. The molecule has 1 aliphatic carbocycles. The van der Waals surface area contributed by atoms with Gasteiger partial charge in [-0.05, 0) is 25.3 Å². The molecule has 0 bridgehead atoms. The van der Waals surface area contributed by atoms with Gasteiger partial charge in [0.25, 0.3) is 5.91 Å². The first-order valence-corrected chi connectivity index (χ1v) is 9.69. The predicted octanol–water partition coefficient (Wildman–Crippen LogP) is 1.84. The van der Waals surface area contributed by atoms with Crippen LogP contribution < -0.4 is 15.4 Å². The SMILES string of the molecule is CCCC[C@H](NC(=O)c1cc(OC)ccn1)C(=O)N[C@H]1CCC[C@H]1C(=O)OC. The highest BCUT2D eigenvalue weighted by Gasteiger charge is 2.36. The van der Waals surface area contributed by atoms with Gasteiger partial charge in [0.15, 0.2) is 0 Å². The highest BCUT2D eigenvalue weighted by Crippen LogP contribution is 2.27. The van der Waals surface area contributed by atoms with E-state index in [0.717, 1.165) is 25.7 Å². The van der Waals surface area contributed by atoms with Crippen LogP contribution in [0.15, 0.2) is 18.3 Å². The Morgan fingerprint density at radius 2 is 2.07 bits per heavy atom. The van der Waals surface area contributed by atoms with Crippen molar-refractivity contribution in [3.63, 3.8) is 0 Å². The quantitative estimate of drug-likeness (QED) is 0.622. The van der Waals surface area contributed by atoms with Crippen LogP contribution in [-0.2, 0) is 14.3 Å². The number of amides is 2. The number of unbranched alkanes of at least 4 members (excludes halogenated alkanes) is 1. The van der Waals surface area contributed by atoms with Gasteiger partial charge in [-0.1, -0.05) is 26.2 Å². The number of rotatable bonds is 9. The molecule has 0 aliphatic heterocycles. The fraction of sp³-hybridized carbons (Fsp3) is 0.600. The van der Waals surface area contributed by atoms with Crippen molar-refractivity contribution in [2.24, 2.45) is 5.92 Å². The van der Waals surface area contributed by atoms with E-state index in [2.05, 4.69) is 15.6 Å². The average Bonchev–Trinajstić information content (AvgIpc) is 3.18. The zero-order chi connectivity index (χ0) is 20.5. The summed E-state index contributed by atoms with van der Waals surface area (Å²) in [5.41, 5.74) is 0.182. The summed E-state index contributed by atoms with van der Waals surface area (Å²) in [4.78, 5) is 41.3. The third-order valence-corrected chi connectivity index (χ3v) is 5.02. The summed E-state index contributed by atoms with van der Waals surface area (Å²) in [6.07, 6.45) is 5.93. The summed E-state index contributed by atoms with van der Waals surface area (Å²) in [7, 11) is 2.86. The van der Waals surface area contributed by atoms with E-state index in [1.807, 2.05) is 6.92 Å². The second kappa shape index (κ2) is 10.6. The number of nitrogens with zero attached hydrogens (tertiary/aromatic N) is 1. The van der Waals surface area contributed by atoms with Crippen molar-refractivity contribution in [3.8, 4) is 5.75 Å². The van der Waals surface area contributed by atoms with Gasteiger partial charge in [-0.15, -0.1) is 0 Å². The first-order chi connectivity index (χ1) is 13.5. The number of carbonyl (C=O) groups is 3. The Kier molecular flexibility index (Phi) is 8.22. The number of methoxy groups -OCH3 is 2. The first kappa shape index (κ1) is 21.7. The van der Waals surface area contributed by atoms with E-state index >= 15 is 0 Å². The number of aromatic nitrogens is 1. The van der Waals surface area contributed by atoms with E-state index in [9.17, 15) is 14.4 Å². The highest BCUT2D eigenvalue weighted by atomic mass is 16.5. The van der Waals surface area contributed by atoms with Crippen molar-refractivity contribution in [3.05, 3.63) is 24.0 Å². The maximum atomic E-state index is 12.8. The lowest BCUT2D eigenvalue weighted by Gasteiger charge is -2.23. The smallest absolute Gasteiger partial charge is 0.310 e. The zero-order valence-corrected chi connectivity index (χ0v) is 16.7. The third kappa shape index (κ3) is 5.68. The molecule has 1 aromatic rings. The number of pyridine rings is 1. The summed E-state index contributed by atoms with van der Waals surface area (Å²) >= 11 is 0. The number of carbonyl (C=O) groups excluding carboxylic acids is 3. The topological polar surface area (TPSA) is 107 Å². The van der Waals surface area contributed by atoms with Gasteiger partial charge < -0.3 is 20.1 Å². The molecule has 1 heterocycles. The molecule has 0 aromatic carbocycles. The molecule has 0 saturated heterocycles. The van der Waals surface area contributed by atoms with E-state index < -0.39 is 11.9 Å². The van der Waals surface area contributed by atoms with Gasteiger partial charge >= 0.3 is 5.97 Å². The molecule has 8 nitrogen and oxygen atoms in total. The van der Waals surface area contributed by atoms with Gasteiger partial charge in [0, 0.05) is 18.3 Å². The maximum Gasteiger partial charge on any atom is 0.310 e. The number of ether oxygens (including phenoxy) is 2. The predicted molar refractivity (Wildman–Crippen MR) is 103 cm³/mol. The van der Waals surface area contributed by atoms with Crippen molar-refractivity contribution in [1.29, 1.82) is 0 Å². The minimum Gasteiger partial charge on any atom is -0.497 e. The number of esters is 1. The minimum absolute atomic E-state index is 0.182. The molecule has 1 saturated carbocycles. The van der Waals surface area contributed by atoms with Crippen molar-refractivity contribution in [1.82, 2.24) is 15.6 Å². The van der Waals surface area contributed by atoms with Crippen molar-refractivity contribution < 1.29 is 23.9 Å². The Balaban J connectivity index is 2.05. The van der Waals surface area contributed by atoms with Crippen LogP contribution in [-0.4, -0.2) is 49.1 Å². The first-order valence-electron chi connectivity index (χ1n) is 9.69. The summed E-state index contributed by atoms with van der Waals surface area (Å²) in [6.45, 7) is 2.02. The number of nitrogens with one attached hydrogen (secondary N) is 2. The number of hydrogen-bond donors (Lipinski definition) is 2.